The first-order valence-electron chi connectivity index (χ1n) is 8.49. The second-order valence-electron chi connectivity index (χ2n) is 6.17. The van der Waals surface area contributed by atoms with E-state index in [2.05, 4.69) is 5.32 Å². The number of amides is 2. The average Bonchev–Trinajstić information content (AvgIpc) is 3.04. The molecule has 0 bridgehead atoms. The lowest BCUT2D eigenvalue weighted by Crippen LogP contribution is -2.31. The van der Waals surface area contributed by atoms with Crippen molar-refractivity contribution in [3.63, 3.8) is 0 Å². The highest BCUT2D eigenvalue weighted by Crippen LogP contribution is 2.30. The molecule has 2 aromatic rings. The minimum Gasteiger partial charge on any atom is -0.483 e. The van der Waals surface area contributed by atoms with Crippen LogP contribution in [-0.2, 0) is 20.7 Å². The number of aryl methyl sites for hydroxylation is 1. The number of nitrogens with one attached hydrogen (secondary N) is 1. The van der Waals surface area contributed by atoms with Crippen LogP contribution in [0.1, 0.15) is 11.1 Å². The first kappa shape index (κ1) is 17.9. The van der Waals surface area contributed by atoms with Gasteiger partial charge in [-0.25, -0.2) is 0 Å². The van der Waals surface area contributed by atoms with Gasteiger partial charge in [0.25, 0.3) is 11.8 Å². The first-order valence-corrected chi connectivity index (χ1v) is 8.49. The average molecular weight is 354 g/mol. The van der Waals surface area contributed by atoms with Crippen molar-refractivity contribution >= 4 is 23.2 Å². The van der Waals surface area contributed by atoms with Crippen LogP contribution in [0.3, 0.4) is 0 Å². The number of para-hydroxylation sites is 1. The summed E-state index contributed by atoms with van der Waals surface area (Å²) in [5.74, 6) is 0.414. The van der Waals surface area contributed by atoms with E-state index in [0.717, 1.165) is 23.2 Å². The van der Waals surface area contributed by atoms with Crippen LogP contribution in [0.5, 0.6) is 5.75 Å². The van der Waals surface area contributed by atoms with Gasteiger partial charge in [-0.2, -0.15) is 0 Å². The summed E-state index contributed by atoms with van der Waals surface area (Å²) >= 11 is 0. The maximum absolute atomic E-state index is 12.1. The molecule has 1 heterocycles. The Kier molecular flexibility index (Phi) is 5.53. The minimum absolute atomic E-state index is 0.0552. The molecule has 6 nitrogen and oxygen atoms in total. The summed E-state index contributed by atoms with van der Waals surface area (Å²) in [4.78, 5) is 25.9. The molecule has 0 atom stereocenters. The molecular formula is C20H22N2O4. The highest BCUT2D eigenvalue weighted by Gasteiger charge is 2.24. The predicted molar refractivity (Wildman–Crippen MR) is 99.7 cm³/mol. The van der Waals surface area contributed by atoms with Gasteiger partial charge in [-0.15, -0.1) is 0 Å². The van der Waals surface area contributed by atoms with E-state index >= 15 is 0 Å². The van der Waals surface area contributed by atoms with Gasteiger partial charge in [0.05, 0.1) is 0 Å². The number of carbonyl (C=O) groups is 2. The molecule has 0 unspecified atom stereocenters. The number of fused-ring (bicyclic) bond motifs is 1. The van der Waals surface area contributed by atoms with Crippen LogP contribution in [0.15, 0.2) is 42.5 Å². The zero-order valence-electron chi connectivity index (χ0n) is 15.0. The molecule has 1 N–H and O–H groups in total. The lowest BCUT2D eigenvalue weighted by atomic mass is 10.1. The van der Waals surface area contributed by atoms with Crippen molar-refractivity contribution in [2.75, 3.05) is 37.1 Å². The fourth-order valence-electron chi connectivity index (χ4n) is 3.00. The fraction of sp³-hybridized carbons (Fsp3) is 0.300. The molecule has 0 saturated heterocycles. The zero-order chi connectivity index (χ0) is 18.5. The third kappa shape index (κ3) is 4.03. The maximum Gasteiger partial charge on any atom is 0.262 e. The number of rotatable bonds is 6. The van der Waals surface area contributed by atoms with Gasteiger partial charge in [0.1, 0.15) is 12.4 Å². The molecule has 2 amide bonds. The monoisotopic (exact) mass is 354 g/mol. The second kappa shape index (κ2) is 8.01. The van der Waals surface area contributed by atoms with E-state index in [0.29, 0.717) is 18.0 Å². The van der Waals surface area contributed by atoms with Gasteiger partial charge in [-0.05, 0) is 48.7 Å². The third-order valence-corrected chi connectivity index (χ3v) is 4.28. The van der Waals surface area contributed by atoms with E-state index in [1.807, 2.05) is 43.3 Å². The van der Waals surface area contributed by atoms with Gasteiger partial charge in [0, 0.05) is 25.0 Å². The van der Waals surface area contributed by atoms with Crippen LogP contribution in [0, 0.1) is 6.92 Å². The number of hydrogen-bond acceptors (Lipinski definition) is 4. The number of ether oxygens (including phenoxy) is 2. The van der Waals surface area contributed by atoms with Crippen LogP contribution in [0.25, 0.3) is 0 Å². The normalized spacial score (nSPS) is 12.6. The van der Waals surface area contributed by atoms with Crippen molar-refractivity contribution in [1.82, 2.24) is 0 Å². The number of benzene rings is 2. The summed E-state index contributed by atoms with van der Waals surface area (Å²) in [6, 6.07) is 13.1. The van der Waals surface area contributed by atoms with Gasteiger partial charge < -0.3 is 19.7 Å². The summed E-state index contributed by atoms with van der Waals surface area (Å²) in [5, 5.41) is 2.84. The first-order chi connectivity index (χ1) is 12.6. The molecule has 0 aromatic heterocycles. The number of nitrogens with zero attached hydrogens (tertiary/aromatic N) is 1. The Morgan fingerprint density at radius 1 is 1.15 bits per heavy atom. The molecule has 0 fully saturated rings. The summed E-state index contributed by atoms with van der Waals surface area (Å²) in [6.07, 6.45) is 0.758. The Morgan fingerprint density at radius 2 is 1.96 bits per heavy atom. The minimum atomic E-state index is -0.224. The maximum atomic E-state index is 12.1. The summed E-state index contributed by atoms with van der Waals surface area (Å²) < 4.78 is 10.5. The van der Waals surface area contributed by atoms with Crippen molar-refractivity contribution < 1.29 is 19.1 Å². The van der Waals surface area contributed by atoms with Gasteiger partial charge in [0.2, 0.25) is 0 Å². The molecule has 2 aromatic carbocycles. The highest BCUT2D eigenvalue weighted by molar-refractivity contribution is 5.97. The number of anilines is 2. The predicted octanol–water partition coefficient (Wildman–Crippen LogP) is 2.55. The number of methoxy groups -OCH3 is 1. The Balaban J connectivity index is 1.60. The van der Waals surface area contributed by atoms with Crippen LogP contribution < -0.4 is 15.0 Å². The van der Waals surface area contributed by atoms with Crippen molar-refractivity contribution in [2.45, 2.75) is 13.3 Å². The SMILES string of the molecule is COCC(=O)N1CCc2cc(NC(=O)COc3ccccc3C)ccc21. The van der Waals surface area contributed by atoms with E-state index < -0.39 is 0 Å². The van der Waals surface area contributed by atoms with Gasteiger partial charge in [0.15, 0.2) is 6.61 Å². The van der Waals surface area contributed by atoms with Crippen molar-refractivity contribution in [2.24, 2.45) is 0 Å². The van der Waals surface area contributed by atoms with Crippen LogP contribution in [-0.4, -0.2) is 38.7 Å². The van der Waals surface area contributed by atoms with E-state index in [1.54, 1.807) is 11.0 Å². The van der Waals surface area contributed by atoms with Crippen LogP contribution in [0.2, 0.25) is 0 Å². The quantitative estimate of drug-likeness (QED) is 0.866. The summed E-state index contributed by atoms with van der Waals surface area (Å²) in [5.41, 5.74) is 3.59. The topological polar surface area (TPSA) is 67.9 Å². The van der Waals surface area contributed by atoms with E-state index in [1.165, 1.54) is 7.11 Å². The van der Waals surface area contributed by atoms with Gasteiger partial charge >= 0.3 is 0 Å². The molecule has 0 radical (unpaired) electrons. The molecular weight excluding hydrogens is 332 g/mol. The van der Waals surface area contributed by atoms with Crippen molar-refractivity contribution in [3.8, 4) is 5.75 Å². The summed E-state index contributed by atoms with van der Waals surface area (Å²) in [6.45, 7) is 2.57. The van der Waals surface area contributed by atoms with Crippen LogP contribution in [0.4, 0.5) is 11.4 Å². The Labute approximate surface area is 152 Å². The molecule has 0 spiro atoms. The number of hydrogen-bond donors (Lipinski definition) is 1. The number of carbonyl (C=O) groups excluding carboxylic acids is 2. The van der Waals surface area contributed by atoms with Crippen molar-refractivity contribution in [3.05, 3.63) is 53.6 Å². The molecule has 3 rings (SSSR count). The van der Waals surface area contributed by atoms with Crippen molar-refractivity contribution in [1.29, 1.82) is 0 Å². The van der Waals surface area contributed by atoms with Crippen LogP contribution >= 0.6 is 0 Å². The Morgan fingerprint density at radius 3 is 2.73 bits per heavy atom. The standard InChI is InChI=1S/C20H22N2O4/c1-14-5-3-4-6-18(14)26-12-19(23)21-16-7-8-17-15(11-16)9-10-22(17)20(24)13-25-2/h3-8,11H,9-10,12-13H2,1-2H3,(H,21,23). The lowest BCUT2D eigenvalue weighted by molar-refractivity contribution is -0.122. The second-order valence-corrected chi connectivity index (χ2v) is 6.17. The zero-order valence-corrected chi connectivity index (χ0v) is 15.0. The molecule has 136 valence electrons. The molecule has 1 aliphatic heterocycles. The van der Waals surface area contributed by atoms with E-state index in [9.17, 15) is 9.59 Å². The summed E-state index contributed by atoms with van der Waals surface area (Å²) in [7, 11) is 1.51. The molecule has 0 aliphatic carbocycles. The highest BCUT2D eigenvalue weighted by atomic mass is 16.5. The molecule has 26 heavy (non-hydrogen) atoms. The van der Waals surface area contributed by atoms with Gasteiger partial charge in [-0.1, -0.05) is 18.2 Å². The molecule has 6 heteroatoms. The molecule has 1 aliphatic rings. The smallest absolute Gasteiger partial charge is 0.262 e. The lowest BCUT2D eigenvalue weighted by Gasteiger charge is -2.17. The fourth-order valence-corrected chi connectivity index (χ4v) is 3.00. The Hall–Kier alpha value is -2.86. The Bertz CT molecular complexity index is 819. The van der Waals surface area contributed by atoms with E-state index in [-0.39, 0.29) is 25.0 Å². The molecule has 0 saturated carbocycles. The van der Waals surface area contributed by atoms with Gasteiger partial charge in [-0.3, -0.25) is 9.59 Å². The van der Waals surface area contributed by atoms with E-state index in [4.69, 9.17) is 9.47 Å². The third-order valence-electron chi connectivity index (χ3n) is 4.28. The largest absolute Gasteiger partial charge is 0.483 e.